The lowest BCUT2D eigenvalue weighted by Crippen LogP contribution is -2.44. The maximum atomic E-state index is 12.0. The molecular formula is C14H17ClN2O3. The second kappa shape index (κ2) is 6.22. The summed E-state index contributed by atoms with van der Waals surface area (Å²) < 4.78 is 0. The number of pyridine rings is 1. The molecule has 0 spiro atoms. The Labute approximate surface area is 122 Å². The number of aliphatic carboxylic acids is 1. The molecule has 1 saturated carbocycles. The van der Waals surface area contributed by atoms with Gasteiger partial charge >= 0.3 is 5.97 Å². The van der Waals surface area contributed by atoms with Crippen molar-refractivity contribution in [3.8, 4) is 0 Å². The monoisotopic (exact) mass is 296 g/mol. The first kappa shape index (κ1) is 14.8. The maximum absolute atomic E-state index is 12.0. The predicted molar refractivity (Wildman–Crippen MR) is 74.7 cm³/mol. The standard InChI is InChI=1S/C14H17ClN2O3/c15-11-6-4-5-10(17-11)12(18)16-9-14(13(19)20)7-2-1-3-8-14/h4-6H,1-3,7-9H2,(H,16,18)(H,19,20). The minimum Gasteiger partial charge on any atom is -0.481 e. The van der Waals surface area contributed by atoms with Gasteiger partial charge in [-0.1, -0.05) is 36.9 Å². The molecule has 108 valence electrons. The molecule has 1 fully saturated rings. The highest BCUT2D eigenvalue weighted by Crippen LogP contribution is 2.36. The number of hydrogen-bond acceptors (Lipinski definition) is 3. The van der Waals surface area contributed by atoms with E-state index in [2.05, 4.69) is 10.3 Å². The summed E-state index contributed by atoms with van der Waals surface area (Å²) in [5.74, 6) is -1.23. The van der Waals surface area contributed by atoms with E-state index < -0.39 is 17.3 Å². The molecule has 2 N–H and O–H groups in total. The lowest BCUT2D eigenvalue weighted by Gasteiger charge is -2.33. The van der Waals surface area contributed by atoms with E-state index in [1.165, 1.54) is 0 Å². The van der Waals surface area contributed by atoms with Gasteiger partial charge in [-0.25, -0.2) is 4.98 Å². The first-order valence-corrected chi connectivity index (χ1v) is 7.05. The molecule has 1 heterocycles. The first-order chi connectivity index (χ1) is 9.53. The lowest BCUT2D eigenvalue weighted by atomic mass is 9.74. The van der Waals surface area contributed by atoms with Crippen molar-refractivity contribution in [1.82, 2.24) is 10.3 Å². The highest BCUT2D eigenvalue weighted by Gasteiger charge is 2.39. The number of carboxylic acid groups (broad SMARTS) is 1. The summed E-state index contributed by atoms with van der Waals surface area (Å²) in [6.07, 6.45) is 4.03. The topological polar surface area (TPSA) is 79.3 Å². The van der Waals surface area contributed by atoms with Crippen molar-refractivity contribution in [2.75, 3.05) is 6.54 Å². The van der Waals surface area contributed by atoms with E-state index in [1.807, 2.05) is 0 Å². The largest absolute Gasteiger partial charge is 0.481 e. The van der Waals surface area contributed by atoms with Crippen LogP contribution in [0.1, 0.15) is 42.6 Å². The number of carboxylic acids is 1. The third-order valence-corrected chi connectivity index (χ3v) is 4.01. The molecule has 0 aliphatic heterocycles. The van der Waals surface area contributed by atoms with Gasteiger partial charge in [0, 0.05) is 6.54 Å². The second-order valence-electron chi connectivity index (χ2n) is 5.17. The van der Waals surface area contributed by atoms with Crippen molar-refractivity contribution < 1.29 is 14.7 Å². The fourth-order valence-electron chi connectivity index (χ4n) is 2.57. The molecular weight excluding hydrogens is 280 g/mol. The van der Waals surface area contributed by atoms with Crippen molar-refractivity contribution in [3.63, 3.8) is 0 Å². The number of nitrogens with zero attached hydrogens (tertiary/aromatic N) is 1. The molecule has 1 aliphatic rings. The first-order valence-electron chi connectivity index (χ1n) is 6.68. The van der Waals surface area contributed by atoms with E-state index in [0.717, 1.165) is 19.3 Å². The maximum Gasteiger partial charge on any atom is 0.311 e. The molecule has 20 heavy (non-hydrogen) atoms. The zero-order valence-electron chi connectivity index (χ0n) is 11.1. The number of carbonyl (C=O) groups is 2. The Morgan fingerprint density at radius 2 is 2.00 bits per heavy atom. The van der Waals surface area contributed by atoms with Crippen molar-refractivity contribution in [1.29, 1.82) is 0 Å². The molecule has 1 aliphatic carbocycles. The average molecular weight is 297 g/mol. The van der Waals surface area contributed by atoms with Gasteiger partial charge in [0.25, 0.3) is 5.91 Å². The minimum atomic E-state index is -0.841. The van der Waals surface area contributed by atoms with Gasteiger partial charge in [-0.05, 0) is 25.0 Å². The fourth-order valence-corrected chi connectivity index (χ4v) is 2.73. The van der Waals surface area contributed by atoms with Gasteiger partial charge in [0.1, 0.15) is 10.8 Å². The fraction of sp³-hybridized carbons (Fsp3) is 0.500. The Hall–Kier alpha value is -1.62. The van der Waals surface area contributed by atoms with Gasteiger partial charge in [-0.2, -0.15) is 0 Å². The van der Waals surface area contributed by atoms with Gasteiger partial charge in [0.15, 0.2) is 0 Å². The van der Waals surface area contributed by atoms with E-state index in [0.29, 0.717) is 12.8 Å². The van der Waals surface area contributed by atoms with Crippen LogP contribution in [0.2, 0.25) is 5.15 Å². The smallest absolute Gasteiger partial charge is 0.311 e. The SMILES string of the molecule is O=C(NCC1(C(=O)O)CCCCC1)c1cccc(Cl)n1. The normalized spacial score (nSPS) is 17.4. The Kier molecular flexibility index (Phi) is 4.60. The number of halogens is 1. The molecule has 1 aromatic rings. The predicted octanol–water partition coefficient (Wildman–Crippen LogP) is 2.50. The molecule has 1 aromatic heterocycles. The number of aromatic nitrogens is 1. The highest BCUT2D eigenvalue weighted by atomic mass is 35.5. The Bertz CT molecular complexity index is 513. The van der Waals surface area contributed by atoms with Crippen molar-refractivity contribution in [2.24, 2.45) is 5.41 Å². The van der Waals surface area contributed by atoms with Crippen LogP contribution in [0.4, 0.5) is 0 Å². The Morgan fingerprint density at radius 1 is 1.30 bits per heavy atom. The molecule has 5 nitrogen and oxygen atoms in total. The third kappa shape index (κ3) is 3.28. The Balaban J connectivity index is 2.02. The number of nitrogens with one attached hydrogen (secondary N) is 1. The summed E-state index contributed by atoms with van der Waals surface area (Å²) in [5.41, 5.74) is -0.638. The van der Waals surface area contributed by atoms with Crippen molar-refractivity contribution >= 4 is 23.5 Å². The zero-order valence-corrected chi connectivity index (χ0v) is 11.8. The molecule has 0 saturated heterocycles. The number of hydrogen-bond donors (Lipinski definition) is 2. The summed E-state index contributed by atoms with van der Waals surface area (Å²) in [7, 11) is 0. The molecule has 0 unspecified atom stereocenters. The van der Waals surface area contributed by atoms with Gasteiger partial charge in [0.2, 0.25) is 0 Å². The van der Waals surface area contributed by atoms with Crippen LogP contribution in [-0.2, 0) is 4.79 Å². The summed E-state index contributed by atoms with van der Waals surface area (Å²) in [4.78, 5) is 27.4. The molecule has 1 amide bonds. The van der Waals surface area contributed by atoms with Crippen molar-refractivity contribution in [3.05, 3.63) is 29.0 Å². The van der Waals surface area contributed by atoms with E-state index in [-0.39, 0.29) is 17.4 Å². The average Bonchev–Trinajstić information content (AvgIpc) is 2.45. The molecule has 6 heteroatoms. The van der Waals surface area contributed by atoms with Crippen LogP contribution >= 0.6 is 11.6 Å². The van der Waals surface area contributed by atoms with E-state index >= 15 is 0 Å². The van der Waals surface area contributed by atoms with E-state index in [9.17, 15) is 14.7 Å². The molecule has 0 radical (unpaired) electrons. The van der Waals surface area contributed by atoms with Gasteiger partial charge in [-0.3, -0.25) is 9.59 Å². The van der Waals surface area contributed by atoms with Crippen LogP contribution in [-0.4, -0.2) is 28.5 Å². The summed E-state index contributed by atoms with van der Waals surface area (Å²) >= 11 is 5.73. The van der Waals surface area contributed by atoms with Crippen molar-refractivity contribution in [2.45, 2.75) is 32.1 Å². The van der Waals surface area contributed by atoms with E-state index in [4.69, 9.17) is 11.6 Å². The van der Waals surface area contributed by atoms with E-state index in [1.54, 1.807) is 18.2 Å². The molecule has 0 aromatic carbocycles. The molecule has 0 bridgehead atoms. The van der Waals surface area contributed by atoms with Crippen LogP contribution in [0, 0.1) is 5.41 Å². The van der Waals surface area contributed by atoms with Gasteiger partial charge in [-0.15, -0.1) is 0 Å². The quantitative estimate of drug-likeness (QED) is 0.837. The highest BCUT2D eigenvalue weighted by molar-refractivity contribution is 6.29. The second-order valence-corrected chi connectivity index (χ2v) is 5.56. The minimum absolute atomic E-state index is 0.134. The number of carbonyl (C=O) groups excluding carboxylic acids is 1. The van der Waals surface area contributed by atoms with Gasteiger partial charge in [0.05, 0.1) is 5.41 Å². The number of rotatable bonds is 4. The third-order valence-electron chi connectivity index (χ3n) is 3.80. The number of amides is 1. The Morgan fingerprint density at radius 3 is 2.60 bits per heavy atom. The van der Waals surface area contributed by atoms with Crippen LogP contribution in [0.15, 0.2) is 18.2 Å². The van der Waals surface area contributed by atoms with Crippen LogP contribution in [0.5, 0.6) is 0 Å². The van der Waals surface area contributed by atoms with Crippen LogP contribution < -0.4 is 5.32 Å². The summed E-state index contributed by atoms with van der Waals surface area (Å²) in [5, 5.41) is 12.3. The molecule has 2 rings (SSSR count). The van der Waals surface area contributed by atoms with Crippen LogP contribution in [0.25, 0.3) is 0 Å². The zero-order chi connectivity index (χ0) is 14.6. The lowest BCUT2D eigenvalue weighted by molar-refractivity contribution is -0.150. The molecule has 0 atom stereocenters. The summed E-state index contributed by atoms with van der Waals surface area (Å²) in [6.45, 7) is 0.134. The van der Waals surface area contributed by atoms with Gasteiger partial charge < -0.3 is 10.4 Å². The summed E-state index contributed by atoms with van der Waals surface area (Å²) in [6, 6.07) is 4.77. The van der Waals surface area contributed by atoms with Crippen LogP contribution in [0.3, 0.4) is 0 Å².